The number of fused-ring (bicyclic) bond motifs is 4. The van der Waals surface area contributed by atoms with Gasteiger partial charge in [-0.3, -0.25) is 0 Å². The molecule has 0 unspecified atom stereocenters. The molecule has 10 rings (SSSR count). The highest BCUT2D eigenvalue weighted by Crippen LogP contribution is 2.51. The Kier molecular flexibility index (Phi) is 7.49. The van der Waals surface area contributed by atoms with Gasteiger partial charge in [-0.15, -0.1) is 0 Å². The molecule has 10 aromatic carbocycles. The number of phenols is 2. The normalized spacial score (nSPS) is 11.5. The van der Waals surface area contributed by atoms with Crippen molar-refractivity contribution in [2.24, 2.45) is 0 Å². The van der Waals surface area contributed by atoms with E-state index in [-0.39, 0.29) is 11.5 Å². The minimum absolute atomic E-state index is 0.136. The maximum atomic E-state index is 12.4. The smallest absolute Gasteiger partial charge is 0.132 e. The molecule has 254 valence electrons. The predicted octanol–water partition coefficient (Wildman–Crippen LogP) is 14.0. The molecule has 0 heterocycles. The van der Waals surface area contributed by atoms with Gasteiger partial charge in [-0.2, -0.15) is 0 Å². The molecule has 0 saturated carbocycles. The first-order valence-electron chi connectivity index (χ1n) is 18.3. The molecule has 2 N–H and O–H groups in total. The molecule has 0 saturated heterocycles. The first-order valence-corrected chi connectivity index (χ1v) is 18.3. The maximum absolute atomic E-state index is 12.4. The third kappa shape index (κ3) is 5.36. The van der Waals surface area contributed by atoms with Crippen molar-refractivity contribution >= 4 is 43.1 Å². The van der Waals surface area contributed by atoms with Crippen molar-refractivity contribution in [2.45, 2.75) is 0 Å². The van der Waals surface area contributed by atoms with E-state index in [9.17, 15) is 10.2 Å². The number of phenolic OH excluding ortho intramolecular Hbond substituents is 2. The average Bonchev–Trinajstić information content (AvgIpc) is 3.23. The molecule has 0 aliphatic carbocycles. The highest BCUT2D eigenvalue weighted by molar-refractivity contribution is 6.14. The van der Waals surface area contributed by atoms with Gasteiger partial charge >= 0.3 is 0 Å². The molecule has 0 aliphatic heterocycles. The lowest BCUT2D eigenvalue weighted by molar-refractivity contribution is 0.472. The molecule has 2 nitrogen and oxygen atoms in total. The van der Waals surface area contributed by atoms with Gasteiger partial charge in [0.1, 0.15) is 11.5 Å². The van der Waals surface area contributed by atoms with E-state index in [0.29, 0.717) is 22.3 Å². The summed E-state index contributed by atoms with van der Waals surface area (Å²) in [4.78, 5) is 0. The molecule has 0 atom stereocenters. The molecule has 0 aliphatic rings. The van der Waals surface area contributed by atoms with E-state index in [0.717, 1.165) is 54.9 Å². The molecular formula is C52H34O2. The van der Waals surface area contributed by atoms with Crippen molar-refractivity contribution in [1.29, 1.82) is 0 Å². The first-order chi connectivity index (χ1) is 26.6. The van der Waals surface area contributed by atoms with Gasteiger partial charge in [0.05, 0.1) is 0 Å². The fourth-order valence-electron chi connectivity index (χ4n) is 8.04. The maximum Gasteiger partial charge on any atom is 0.132 e. The van der Waals surface area contributed by atoms with E-state index < -0.39 is 0 Å². The van der Waals surface area contributed by atoms with Gasteiger partial charge in [0.15, 0.2) is 0 Å². The van der Waals surface area contributed by atoms with Gasteiger partial charge in [-0.05, 0) is 101 Å². The van der Waals surface area contributed by atoms with Gasteiger partial charge < -0.3 is 10.2 Å². The Labute approximate surface area is 313 Å². The van der Waals surface area contributed by atoms with Crippen LogP contribution in [-0.4, -0.2) is 10.2 Å². The Morgan fingerprint density at radius 2 is 0.556 bits per heavy atom. The molecule has 0 amide bonds. The Morgan fingerprint density at radius 3 is 0.963 bits per heavy atom. The zero-order valence-corrected chi connectivity index (χ0v) is 29.4. The molecule has 0 aromatic heterocycles. The Morgan fingerprint density at radius 1 is 0.241 bits per heavy atom. The van der Waals surface area contributed by atoms with Crippen molar-refractivity contribution in [2.75, 3.05) is 0 Å². The highest BCUT2D eigenvalue weighted by atomic mass is 16.3. The van der Waals surface area contributed by atoms with E-state index in [1.165, 1.54) is 21.5 Å². The number of aromatic hydroxyl groups is 2. The van der Waals surface area contributed by atoms with Crippen LogP contribution in [0, 0.1) is 0 Å². The molecule has 0 radical (unpaired) electrons. The number of hydrogen-bond donors (Lipinski definition) is 2. The number of hydrogen-bond acceptors (Lipinski definition) is 2. The van der Waals surface area contributed by atoms with Crippen LogP contribution >= 0.6 is 0 Å². The summed E-state index contributed by atoms with van der Waals surface area (Å²) in [5.74, 6) is 0.271. The van der Waals surface area contributed by atoms with Crippen molar-refractivity contribution in [3.05, 3.63) is 194 Å². The van der Waals surface area contributed by atoms with Crippen LogP contribution in [0.5, 0.6) is 11.5 Å². The van der Waals surface area contributed by atoms with Gasteiger partial charge in [0.2, 0.25) is 0 Å². The summed E-state index contributed by atoms with van der Waals surface area (Å²) < 4.78 is 0. The van der Waals surface area contributed by atoms with Crippen molar-refractivity contribution < 1.29 is 10.2 Å². The summed E-state index contributed by atoms with van der Waals surface area (Å²) in [7, 11) is 0. The molecule has 0 spiro atoms. The summed E-state index contributed by atoms with van der Waals surface area (Å²) in [6.45, 7) is 0. The van der Waals surface area contributed by atoms with Gasteiger partial charge in [0.25, 0.3) is 0 Å². The third-order valence-corrected chi connectivity index (χ3v) is 10.9. The van der Waals surface area contributed by atoms with E-state index >= 15 is 0 Å². The van der Waals surface area contributed by atoms with Gasteiger partial charge in [-0.25, -0.2) is 0 Å². The molecule has 54 heavy (non-hydrogen) atoms. The summed E-state index contributed by atoms with van der Waals surface area (Å²) in [5, 5.41) is 33.3. The fraction of sp³-hybridized carbons (Fsp3) is 0. The molecular weight excluding hydrogens is 657 g/mol. The van der Waals surface area contributed by atoms with E-state index in [2.05, 4.69) is 146 Å². The van der Waals surface area contributed by atoms with Crippen LogP contribution in [0.2, 0.25) is 0 Å². The highest BCUT2D eigenvalue weighted by Gasteiger charge is 2.23. The van der Waals surface area contributed by atoms with Crippen molar-refractivity contribution in [1.82, 2.24) is 0 Å². The van der Waals surface area contributed by atoms with Crippen LogP contribution in [0.15, 0.2) is 194 Å². The third-order valence-electron chi connectivity index (χ3n) is 10.9. The summed E-state index contributed by atoms with van der Waals surface area (Å²) in [6.07, 6.45) is 0. The second-order valence-corrected chi connectivity index (χ2v) is 14.0. The van der Waals surface area contributed by atoms with Gasteiger partial charge in [0, 0.05) is 22.3 Å². The van der Waals surface area contributed by atoms with E-state index in [4.69, 9.17) is 0 Å². The Balaban J connectivity index is 1.11. The van der Waals surface area contributed by atoms with E-state index in [1.807, 2.05) is 48.5 Å². The molecule has 2 heteroatoms. The Bertz CT molecular complexity index is 2840. The second-order valence-electron chi connectivity index (χ2n) is 14.0. The van der Waals surface area contributed by atoms with Gasteiger partial charge in [-0.1, -0.05) is 170 Å². The van der Waals surface area contributed by atoms with Crippen LogP contribution in [0.25, 0.3) is 98.7 Å². The summed E-state index contributed by atoms with van der Waals surface area (Å²) >= 11 is 0. The van der Waals surface area contributed by atoms with Crippen LogP contribution in [0.3, 0.4) is 0 Å². The van der Waals surface area contributed by atoms with Crippen LogP contribution in [0.1, 0.15) is 0 Å². The fourth-order valence-corrected chi connectivity index (χ4v) is 8.04. The van der Waals surface area contributed by atoms with E-state index in [1.54, 1.807) is 0 Å². The lowest BCUT2D eigenvalue weighted by Crippen LogP contribution is -1.92. The quantitative estimate of drug-likeness (QED) is 0.189. The lowest BCUT2D eigenvalue weighted by Gasteiger charge is -2.19. The standard InChI is InChI=1S/C52H34O2/c53-51-47(37-23-17-35(18-24-37)41-27-21-33-9-1-3-11-39(33)29-41)31-43-13-5-7-15-45(43)49(51)50-46-16-8-6-14-44(46)32-48(52(50)54)38-25-19-36(20-26-38)42-28-22-34-10-2-4-12-40(34)30-42/h1-32,53-54H. The minimum atomic E-state index is 0.136. The molecule has 10 aromatic rings. The molecule has 0 bridgehead atoms. The summed E-state index contributed by atoms with van der Waals surface area (Å²) in [5.41, 5.74) is 8.94. The van der Waals surface area contributed by atoms with Crippen molar-refractivity contribution in [3.8, 4) is 67.1 Å². The first kappa shape index (κ1) is 31.6. The van der Waals surface area contributed by atoms with Crippen LogP contribution in [-0.2, 0) is 0 Å². The van der Waals surface area contributed by atoms with Crippen LogP contribution < -0.4 is 0 Å². The topological polar surface area (TPSA) is 40.5 Å². The zero-order valence-electron chi connectivity index (χ0n) is 29.4. The SMILES string of the molecule is Oc1c(-c2ccc(-c3ccc4ccccc4c3)cc2)cc2ccccc2c1-c1c(O)c(-c2ccc(-c3ccc4ccccc4c3)cc2)cc2ccccc12. The Hall–Kier alpha value is -7.16. The minimum Gasteiger partial charge on any atom is -0.507 e. The lowest BCUT2D eigenvalue weighted by atomic mass is 9.86. The second kappa shape index (κ2) is 12.8. The number of rotatable bonds is 5. The largest absolute Gasteiger partial charge is 0.507 e. The zero-order chi connectivity index (χ0) is 36.2. The van der Waals surface area contributed by atoms with Crippen molar-refractivity contribution in [3.63, 3.8) is 0 Å². The summed E-state index contributed by atoms with van der Waals surface area (Å²) in [6, 6.07) is 66.9. The van der Waals surface area contributed by atoms with Crippen LogP contribution in [0.4, 0.5) is 0 Å². The monoisotopic (exact) mass is 690 g/mol. The average molecular weight is 691 g/mol. The number of benzene rings is 10. The predicted molar refractivity (Wildman–Crippen MR) is 227 cm³/mol. The molecule has 0 fully saturated rings.